The van der Waals surface area contributed by atoms with E-state index in [2.05, 4.69) is 15.9 Å². The summed E-state index contributed by atoms with van der Waals surface area (Å²) >= 11 is 4.98. The molecule has 0 bridgehead atoms. The van der Waals surface area contributed by atoms with Gasteiger partial charge in [-0.1, -0.05) is 28.1 Å². The monoisotopic (exact) mass is 278 g/mol. The van der Waals surface area contributed by atoms with E-state index in [1.807, 2.05) is 12.3 Å². The van der Waals surface area contributed by atoms with E-state index in [4.69, 9.17) is 4.74 Å². The van der Waals surface area contributed by atoms with Crippen LogP contribution >= 0.6 is 27.7 Å². The summed E-state index contributed by atoms with van der Waals surface area (Å²) < 4.78 is 18.7. The molecule has 1 aromatic carbocycles. The first-order valence-corrected chi connectivity index (χ1v) is 6.76. The van der Waals surface area contributed by atoms with Gasteiger partial charge >= 0.3 is 0 Å². The number of ether oxygens (including phenoxy) is 1. The van der Waals surface area contributed by atoms with E-state index in [1.54, 1.807) is 17.8 Å². The van der Waals surface area contributed by atoms with Crippen molar-refractivity contribution in [1.82, 2.24) is 0 Å². The Bertz CT molecular complexity index is 293. The molecule has 0 heterocycles. The molecule has 1 aromatic rings. The summed E-state index contributed by atoms with van der Waals surface area (Å²) in [7, 11) is 0. The van der Waals surface area contributed by atoms with Gasteiger partial charge in [0.15, 0.2) is 11.6 Å². The summed E-state index contributed by atoms with van der Waals surface area (Å²) in [6, 6.07) is 4.96. The zero-order chi connectivity index (χ0) is 10.4. The molecular formula is C10H12BrFOS. The van der Waals surface area contributed by atoms with Crippen molar-refractivity contribution in [3.8, 4) is 5.75 Å². The minimum absolute atomic E-state index is 0.289. The summed E-state index contributed by atoms with van der Waals surface area (Å²) in [5.41, 5.74) is 0.853. The van der Waals surface area contributed by atoms with Gasteiger partial charge in [-0.15, -0.1) is 0 Å². The normalized spacial score (nSPS) is 10.2. The molecule has 78 valence electrons. The van der Waals surface area contributed by atoms with Gasteiger partial charge in [-0.2, -0.15) is 11.8 Å². The number of benzene rings is 1. The summed E-state index contributed by atoms with van der Waals surface area (Å²) in [6.07, 6.45) is 2.00. The molecule has 4 heteroatoms. The number of thioether (sulfide) groups is 1. The minimum atomic E-state index is -0.289. The average Bonchev–Trinajstić information content (AvgIpc) is 2.20. The SMILES string of the molecule is CSCCOc1c(F)cccc1CBr. The lowest BCUT2D eigenvalue weighted by Gasteiger charge is -2.09. The molecule has 0 aliphatic heterocycles. The number of hydrogen-bond acceptors (Lipinski definition) is 2. The Balaban J connectivity index is 2.72. The molecule has 0 aliphatic rings. The lowest BCUT2D eigenvalue weighted by molar-refractivity contribution is 0.322. The molecule has 0 atom stereocenters. The van der Waals surface area contributed by atoms with Crippen LogP contribution in [0.1, 0.15) is 5.56 Å². The van der Waals surface area contributed by atoms with Gasteiger partial charge in [-0.3, -0.25) is 0 Å². The Morgan fingerprint density at radius 3 is 2.93 bits per heavy atom. The first kappa shape index (κ1) is 11.9. The van der Waals surface area contributed by atoms with Crippen LogP contribution in [0.4, 0.5) is 4.39 Å². The first-order chi connectivity index (χ1) is 6.79. The second-order valence-electron chi connectivity index (χ2n) is 2.70. The van der Waals surface area contributed by atoms with E-state index in [0.29, 0.717) is 17.7 Å². The van der Waals surface area contributed by atoms with Crippen molar-refractivity contribution in [1.29, 1.82) is 0 Å². The molecule has 0 unspecified atom stereocenters. The van der Waals surface area contributed by atoms with Gasteiger partial charge < -0.3 is 4.74 Å². The Kier molecular flexibility index (Phi) is 5.33. The van der Waals surface area contributed by atoms with Crippen molar-refractivity contribution in [2.75, 3.05) is 18.6 Å². The Hall–Kier alpha value is -0.220. The summed E-state index contributed by atoms with van der Waals surface area (Å²) in [6.45, 7) is 0.544. The van der Waals surface area contributed by atoms with Crippen LogP contribution in [0.3, 0.4) is 0 Å². The molecule has 0 aromatic heterocycles. The maximum atomic E-state index is 13.3. The van der Waals surface area contributed by atoms with Crippen LogP contribution in [0.2, 0.25) is 0 Å². The summed E-state index contributed by atoms with van der Waals surface area (Å²) in [5.74, 6) is 0.956. The van der Waals surface area contributed by atoms with Gasteiger partial charge in [0, 0.05) is 16.6 Å². The number of hydrogen-bond donors (Lipinski definition) is 0. The zero-order valence-electron chi connectivity index (χ0n) is 7.93. The second-order valence-corrected chi connectivity index (χ2v) is 4.25. The van der Waals surface area contributed by atoms with Gasteiger partial charge in [0.25, 0.3) is 0 Å². The number of alkyl halides is 1. The van der Waals surface area contributed by atoms with Crippen molar-refractivity contribution >= 4 is 27.7 Å². The third kappa shape index (κ3) is 3.17. The third-order valence-corrected chi connectivity index (χ3v) is 2.91. The van der Waals surface area contributed by atoms with Crippen molar-refractivity contribution in [2.24, 2.45) is 0 Å². The van der Waals surface area contributed by atoms with Crippen LogP contribution in [-0.2, 0) is 5.33 Å². The lowest BCUT2D eigenvalue weighted by Crippen LogP contribution is -2.03. The van der Waals surface area contributed by atoms with Crippen molar-refractivity contribution in [3.05, 3.63) is 29.6 Å². The fourth-order valence-corrected chi connectivity index (χ4v) is 1.74. The van der Waals surface area contributed by atoms with Crippen LogP contribution in [0.5, 0.6) is 5.75 Å². The molecule has 1 nitrogen and oxygen atoms in total. The van der Waals surface area contributed by atoms with Crippen LogP contribution < -0.4 is 4.74 Å². The van der Waals surface area contributed by atoms with Gasteiger partial charge in [0.2, 0.25) is 0 Å². The Morgan fingerprint density at radius 2 is 2.29 bits per heavy atom. The Labute approximate surface area is 96.2 Å². The molecular weight excluding hydrogens is 267 g/mol. The van der Waals surface area contributed by atoms with E-state index in [-0.39, 0.29) is 5.82 Å². The third-order valence-electron chi connectivity index (χ3n) is 1.73. The molecule has 0 N–H and O–H groups in total. The van der Waals surface area contributed by atoms with Gasteiger partial charge in [0.05, 0.1) is 6.61 Å². The highest BCUT2D eigenvalue weighted by molar-refractivity contribution is 9.08. The zero-order valence-corrected chi connectivity index (χ0v) is 10.3. The molecule has 0 radical (unpaired) electrons. The lowest BCUT2D eigenvalue weighted by atomic mass is 10.2. The number of rotatable bonds is 5. The molecule has 0 amide bonds. The minimum Gasteiger partial charge on any atom is -0.489 e. The quantitative estimate of drug-likeness (QED) is 0.603. The molecule has 14 heavy (non-hydrogen) atoms. The van der Waals surface area contributed by atoms with E-state index >= 15 is 0 Å². The van der Waals surface area contributed by atoms with Crippen molar-refractivity contribution < 1.29 is 9.13 Å². The average molecular weight is 279 g/mol. The molecule has 0 spiro atoms. The Morgan fingerprint density at radius 1 is 1.50 bits per heavy atom. The molecule has 0 saturated heterocycles. The highest BCUT2D eigenvalue weighted by Gasteiger charge is 2.07. The van der Waals surface area contributed by atoms with Crippen LogP contribution in [-0.4, -0.2) is 18.6 Å². The van der Waals surface area contributed by atoms with E-state index in [9.17, 15) is 4.39 Å². The van der Waals surface area contributed by atoms with E-state index in [0.717, 1.165) is 11.3 Å². The van der Waals surface area contributed by atoms with Crippen molar-refractivity contribution in [2.45, 2.75) is 5.33 Å². The maximum absolute atomic E-state index is 13.3. The summed E-state index contributed by atoms with van der Waals surface area (Å²) in [4.78, 5) is 0. The van der Waals surface area contributed by atoms with E-state index < -0.39 is 0 Å². The highest BCUT2D eigenvalue weighted by Crippen LogP contribution is 2.24. The fourth-order valence-electron chi connectivity index (χ4n) is 1.05. The molecule has 1 rings (SSSR count). The smallest absolute Gasteiger partial charge is 0.165 e. The topological polar surface area (TPSA) is 9.23 Å². The van der Waals surface area contributed by atoms with Gasteiger partial charge in [0.1, 0.15) is 0 Å². The molecule has 0 aliphatic carbocycles. The van der Waals surface area contributed by atoms with E-state index in [1.165, 1.54) is 6.07 Å². The highest BCUT2D eigenvalue weighted by atomic mass is 79.9. The molecule has 0 fully saturated rings. The predicted octanol–water partition coefficient (Wildman–Crippen LogP) is 3.46. The largest absolute Gasteiger partial charge is 0.489 e. The van der Waals surface area contributed by atoms with Gasteiger partial charge in [-0.25, -0.2) is 4.39 Å². The first-order valence-electron chi connectivity index (χ1n) is 4.24. The standard InChI is InChI=1S/C10H12BrFOS/c1-14-6-5-13-10-8(7-11)3-2-4-9(10)12/h2-4H,5-7H2,1H3. The van der Waals surface area contributed by atoms with Crippen LogP contribution in [0.25, 0.3) is 0 Å². The second kappa shape index (κ2) is 6.30. The number of para-hydroxylation sites is 1. The van der Waals surface area contributed by atoms with Crippen molar-refractivity contribution in [3.63, 3.8) is 0 Å². The van der Waals surface area contributed by atoms with Gasteiger partial charge in [-0.05, 0) is 12.3 Å². The number of halogens is 2. The van der Waals surface area contributed by atoms with Crippen LogP contribution in [0.15, 0.2) is 18.2 Å². The summed E-state index contributed by atoms with van der Waals surface area (Å²) in [5, 5.41) is 0.610. The maximum Gasteiger partial charge on any atom is 0.165 e. The van der Waals surface area contributed by atoms with Crippen LogP contribution in [0, 0.1) is 5.82 Å². The predicted molar refractivity (Wildman–Crippen MR) is 62.9 cm³/mol. The molecule has 0 saturated carbocycles. The fraction of sp³-hybridized carbons (Fsp3) is 0.400.